The Morgan fingerprint density at radius 1 is 1.30 bits per heavy atom. The summed E-state index contributed by atoms with van der Waals surface area (Å²) in [6, 6.07) is 7.31. The van der Waals surface area contributed by atoms with Gasteiger partial charge in [0.25, 0.3) is 0 Å². The molecule has 0 saturated carbocycles. The number of piperidine rings is 1. The van der Waals surface area contributed by atoms with Gasteiger partial charge in [0, 0.05) is 29.6 Å². The van der Waals surface area contributed by atoms with E-state index in [1.807, 2.05) is 12.1 Å². The lowest BCUT2D eigenvalue weighted by atomic mass is 9.96. The molecule has 2 heterocycles. The molecule has 1 unspecified atom stereocenters. The van der Waals surface area contributed by atoms with Crippen LogP contribution >= 0.6 is 23.2 Å². The van der Waals surface area contributed by atoms with E-state index in [4.69, 9.17) is 27.7 Å². The van der Waals surface area contributed by atoms with Gasteiger partial charge < -0.3 is 9.42 Å². The first-order valence-corrected chi connectivity index (χ1v) is 8.38. The Bertz CT molecular complexity index is 677. The Balaban J connectivity index is 1.66. The van der Waals surface area contributed by atoms with Crippen molar-refractivity contribution in [1.29, 1.82) is 0 Å². The molecule has 2 aromatic rings. The van der Waals surface area contributed by atoms with Gasteiger partial charge in [-0.05, 0) is 44.0 Å². The standard InChI is InChI=1S/C16H17Cl2N3O2/c1-10(17)16(22)21-8-6-12(7-9-21)15-19-14(20-23-15)11-2-4-13(18)5-3-11/h2-5,10,12H,6-9H2,1H3. The zero-order valence-corrected chi connectivity index (χ0v) is 14.2. The number of carbonyl (C=O) groups is 1. The van der Waals surface area contributed by atoms with Gasteiger partial charge in [0.15, 0.2) is 0 Å². The molecule has 0 bridgehead atoms. The molecule has 7 heteroatoms. The fourth-order valence-corrected chi connectivity index (χ4v) is 2.98. The highest BCUT2D eigenvalue weighted by Gasteiger charge is 2.28. The Morgan fingerprint density at radius 3 is 2.57 bits per heavy atom. The van der Waals surface area contributed by atoms with E-state index in [2.05, 4.69) is 10.1 Å². The third-order valence-corrected chi connectivity index (χ3v) is 4.48. The highest BCUT2D eigenvalue weighted by atomic mass is 35.5. The quantitative estimate of drug-likeness (QED) is 0.789. The van der Waals surface area contributed by atoms with E-state index in [0.717, 1.165) is 18.4 Å². The van der Waals surface area contributed by atoms with Crippen molar-refractivity contribution in [3.63, 3.8) is 0 Å². The van der Waals surface area contributed by atoms with Gasteiger partial charge >= 0.3 is 0 Å². The maximum Gasteiger partial charge on any atom is 0.240 e. The van der Waals surface area contributed by atoms with Crippen molar-refractivity contribution in [2.75, 3.05) is 13.1 Å². The first-order chi connectivity index (χ1) is 11.0. The van der Waals surface area contributed by atoms with Crippen LogP contribution in [0.5, 0.6) is 0 Å². The molecule has 1 amide bonds. The molecule has 1 saturated heterocycles. The Kier molecular flexibility index (Phi) is 4.87. The molecule has 1 aromatic heterocycles. The van der Waals surface area contributed by atoms with E-state index in [1.165, 1.54) is 0 Å². The number of likely N-dealkylation sites (tertiary alicyclic amines) is 1. The molecule has 23 heavy (non-hydrogen) atoms. The zero-order chi connectivity index (χ0) is 16.4. The minimum absolute atomic E-state index is 0.0162. The summed E-state index contributed by atoms with van der Waals surface area (Å²) in [6.07, 6.45) is 1.61. The molecule has 1 fully saturated rings. The lowest BCUT2D eigenvalue weighted by Crippen LogP contribution is -2.41. The highest BCUT2D eigenvalue weighted by molar-refractivity contribution is 6.30. The number of hydrogen-bond acceptors (Lipinski definition) is 4. The SMILES string of the molecule is CC(Cl)C(=O)N1CCC(c2nc(-c3ccc(Cl)cc3)no2)CC1. The first kappa shape index (κ1) is 16.3. The van der Waals surface area contributed by atoms with Gasteiger partial charge in [-0.15, -0.1) is 11.6 Å². The lowest BCUT2D eigenvalue weighted by Gasteiger charge is -2.31. The second-order valence-corrected chi connectivity index (χ2v) is 6.77. The molecule has 0 N–H and O–H groups in total. The summed E-state index contributed by atoms with van der Waals surface area (Å²) in [4.78, 5) is 18.2. The van der Waals surface area contributed by atoms with E-state index in [-0.39, 0.29) is 11.8 Å². The maximum atomic E-state index is 11.9. The minimum Gasteiger partial charge on any atom is -0.341 e. The van der Waals surface area contributed by atoms with Crippen LogP contribution in [0.15, 0.2) is 28.8 Å². The average molecular weight is 354 g/mol. The molecule has 1 aliphatic heterocycles. The number of amides is 1. The Labute approximate surface area is 144 Å². The van der Waals surface area contributed by atoms with Crippen LogP contribution in [0.3, 0.4) is 0 Å². The van der Waals surface area contributed by atoms with Gasteiger partial charge in [-0.25, -0.2) is 0 Å². The lowest BCUT2D eigenvalue weighted by molar-refractivity contribution is -0.131. The van der Waals surface area contributed by atoms with Crippen LogP contribution in [-0.4, -0.2) is 39.4 Å². The second-order valence-electron chi connectivity index (χ2n) is 5.68. The van der Waals surface area contributed by atoms with Gasteiger partial charge in [0.05, 0.1) is 0 Å². The molecule has 1 aromatic carbocycles. The van der Waals surface area contributed by atoms with E-state index in [1.54, 1.807) is 24.0 Å². The van der Waals surface area contributed by atoms with Crippen molar-refractivity contribution in [3.05, 3.63) is 35.2 Å². The molecule has 5 nitrogen and oxygen atoms in total. The minimum atomic E-state index is -0.480. The fourth-order valence-electron chi connectivity index (χ4n) is 2.72. The van der Waals surface area contributed by atoms with Gasteiger partial charge in [0.1, 0.15) is 5.38 Å². The summed E-state index contributed by atoms with van der Waals surface area (Å²) >= 11 is 11.7. The van der Waals surface area contributed by atoms with Crippen LogP contribution < -0.4 is 0 Å². The summed E-state index contributed by atoms with van der Waals surface area (Å²) in [5, 5.41) is 4.23. The van der Waals surface area contributed by atoms with E-state index >= 15 is 0 Å². The van der Waals surface area contributed by atoms with Crippen LogP contribution in [-0.2, 0) is 4.79 Å². The van der Waals surface area contributed by atoms with Crippen LogP contribution in [0.1, 0.15) is 31.6 Å². The Hall–Kier alpha value is -1.59. The monoisotopic (exact) mass is 353 g/mol. The fraction of sp³-hybridized carbons (Fsp3) is 0.438. The third kappa shape index (κ3) is 3.67. The number of nitrogens with zero attached hydrogens (tertiary/aromatic N) is 3. The third-order valence-electron chi connectivity index (χ3n) is 4.04. The molecule has 1 aliphatic rings. The summed E-state index contributed by atoms with van der Waals surface area (Å²) in [6.45, 7) is 3.03. The Morgan fingerprint density at radius 2 is 1.96 bits per heavy atom. The molecule has 122 valence electrons. The van der Waals surface area contributed by atoms with Crippen molar-refractivity contribution >= 4 is 29.1 Å². The molecular formula is C16H17Cl2N3O2. The van der Waals surface area contributed by atoms with E-state index < -0.39 is 5.38 Å². The maximum absolute atomic E-state index is 11.9. The van der Waals surface area contributed by atoms with E-state index in [0.29, 0.717) is 29.8 Å². The highest BCUT2D eigenvalue weighted by Crippen LogP contribution is 2.29. The number of benzene rings is 1. The van der Waals surface area contributed by atoms with Crippen LogP contribution in [0.2, 0.25) is 5.02 Å². The van der Waals surface area contributed by atoms with Crippen LogP contribution in [0.4, 0.5) is 0 Å². The second kappa shape index (κ2) is 6.89. The number of hydrogen-bond donors (Lipinski definition) is 0. The summed E-state index contributed by atoms with van der Waals surface area (Å²) in [5.74, 6) is 1.35. The van der Waals surface area contributed by atoms with Crippen molar-refractivity contribution in [2.45, 2.75) is 31.1 Å². The van der Waals surface area contributed by atoms with Crippen LogP contribution in [0, 0.1) is 0 Å². The van der Waals surface area contributed by atoms with Crippen molar-refractivity contribution in [2.24, 2.45) is 0 Å². The summed E-state index contributed by atoms with van der Waals surface area (Å²) in [5.41, 5.74) is 0.868. The van der Waals surface area contributed by atoms with Gasteiger partial charge in [-0.2, -0.15) is 4.98 Å². The molecule has 0 radical (unpaired) electrons. The topological polar surface area (TPSA) is 59.2 Å². The van der Waals surface area contributed by atoms with Gasteiger partial charge in [-0.1, -0.05) is 16.8 Å². The smallest absolute Gasteiger partial charge is 0.240 e. The van der Waals surface area contributed by atoms with Crippen molar-refractivity contribution < 1.29 is 9.32 Å². The van der Waals surface area contributed by atoms with Crippen LogP contribution in [0.25, 0.3) is 11.4 Å². The van der Waals surface area contributed by atoms with Gasteiger partial charge in [-0.3, -0.25) is 4.79 Å². The number of alkyl halides is 1. The number of halogens is 2. The molecule has 0 spiro atoms. The molecule has 3 rings (SSSR count). The molecule has 0 aliphatic carbocycles. The van der Waals surface area contributed by atoms with Crippen molar-refractivity contribution in [1.82, 2.24) is 15.0 Å². The predicted molar refractivity (Wildman–Crippen MR) is 88.6 cm³/mol. The first-order valence-electron chi connectivity index (χ1n) is 7.57. The predicted octanol–water partition coefficient (Wildman–Crippen LogP) is 3.72. The van der Waals surface area contributed by atoms with E-state index in [9.17, 15) is 4.79 Å². The largest absolute Gasteiger partial charge is 0.341 e. The molecule has 1 atom stereocenters. The molecular weight excluding hydrogens is 337 g/mol. The number of carbonyl (C=O) groups excluding carboxylic acids is 1. The average Bonchev–Trinajstić information content (AvgIpc) is 3.05. The summed E-state index contributed by atoms with van der Waals surface area (Å²) in [7, 11) is 0. The van der Waals surface area contributed by atoms with Crippen molar-refractivity contribution in [3.8, 4) is 11.4 Å². The number of rotatable bonds is 3. The number of aromatic nitrogens is 2. The summed E-state index contributed by atoms with van der Waals surface area (Å²) < 4.78 is 5.41. The van der Waals surface area contributed by atoms with Gasteiger partial charge in [0.2, 0.25) is 17.6 Å². The zero-order valence-electron chi connectivity index (χ0n) is 12.7. The normalized spacial score (nSPS) is 17.3.